The fourth-order valence-corrected chi connectivity index (χ4v) is 2.84. The zero-order valence-corrected chi connectivity index (χ0v) is 15.6. The number of benzene rings is 3. The summed E-state index contributed by atoms with van der Waals surface area (Å²) in [6.45, 7) is 0.474. The third-order valence-electron chi connectivity index (χ3n) is 4.12. The molecule has 0 radical (unpaired) electrons. The molecule has 0 bridgehead atoms. The standard InChI is InChI=1S/C23H16ClNO3/c24-19-11-9-18(10-12-19)22-25-21(23(26)28-22)14-17-7-4-8-20(13-17)27-15-16-5-2-1-3-6-16/h1-14H,15H2. The molecule has 0 atom stereocenters. The lowest BCUT2D eigenvalue weighted by atomic mass is 10.2. The van der Waals surface area contributed by atoms with Crippen molar-refractivity contribution in [3.05, 3.63) is 106 Å². The van der Waals surface area contributed by atoms with Crippen LogP contribution in [0.3, 0.4) is 0 Å². The van der Waals surface area contributed by atoms with Gasteiger partial charge in [0.15, 0.2) is 5.70 Å². The highest BCUT2D eigenvalue weighted by atomic mass is 35.5. The van der Waals surface area contributed by atoms with Crippen LogP contribution in [-0.2, 0) is 16.1 Å². The highest BCUT2D eigenvalue weighted by Gasteiger charge is 2.24. The predicted molar refractivity (Wildman–Crippen MR) is 109 cm³/mol. The van der Waals surface area contributed by atoms with Gasteiger partial charge in [-0.1, -0.05) is 54.1 Å². The van der Waals surface area contributed by atoms with E-state index in [2.05, 4.69) is 4.99 Å². The van der Waals surface area contributed by atoms with Gasteiger partial charge >= 0.3 is 5.97 Å². The molecule has 5 heteroatoms. The molecular weight excluding hydrogens is 374 g/mol. The molecule has 1 aliphatic heterocycles. The zero-order chi connectivity index (χ0) is 19.3. The number of carbonyl (C=O) groups is 1. The van der Waals surface area contributed by atoms with Gasteiger partial charge in [-0.3, -0.25) is 0 Å². The molecule has 1 heterocycles. The summed E-state index contributed by atoms with van der Waals surface area (Å²) in [7, 11) is 0. The molecule has 138 valence electrons. The van der Waals surface area contributed by atoms with Gasteiger partial charge in [0.1, 0.15) is 12.4 Å². The molecule has 0 amide bonds. The molecule has 3 aromatic rings. The lowest BCUT2D eigenvalue weighted by Crippen LogP contribution is -2.05. The van der Waals surface area contributed by atoms with Gasteiger partial charge in [0.2, 0.25) is 5.90 Å². The largest absolute Gasteiger partial charge is 0.489 e. The van der Waals surface area contributed by atoms with Crippen LogP contribution in [0.25, 0.3) is 6.08 Å². The number of esters is 1. The summed E-state index contributed by atoms with van der Waals surface area (Å²) >= 11 is 5.89. The zero-order valence-electron chi connectivity index (χ0n) is 14.8. The second-order valence-corrected chi connectivity index (χ2v) is 6.63. The van der Waals surface area contributed by atoms with E-state index in [1.165, 1.54) is 0 Å². The molecule has 0 aliphatic carbocycles. The van der Waals surface area contributed by atoms with Gasteiger partial charge in [0, 0.05) is 10.6 Å². The summed E-state index contributed by atoms with van der Waals surface area (Å²) in [5.41, 5.74) is 2.83. The van der Waals surface area contributed by atoms with Crippen LogP contribution in [0.2, 0.25) is 5.02 Å². The van der Waals surface area contributed by atoms with Crippen LogP contribution >= 0.6 is 11.6 Å². The maximum absolute atomic E-state index is 12.2. The molecule has 28 heavy (non-hydrogen) atoms. The van der Waals surface area contributed by atoms with Crippen LogP contribution in [0.1, 0.15) is 16.7 Å². The lowest BCUT2D eigenvalue weighted by Gasteiger charge is -2.07. The first-order valence-electron chi connectivity index (χ1n) is 8.73. The summed E-state index contributed by atoms with van der Waals surface area (Å²) in [6.07, 6.45) is 1.68. The van der Waals surface area contributed by atoms with Crippen LogP contribution in [0.5, 0.6) is 5.75 Å². The topological polar surface area (TPSA) is 47.9 Å². The third kappa shape index (κ3) is 4.30. The average molecular weight is 390 g/mol. The SMILES string of the molecule is O=C1OC(c2ccc(Cl)cc2)=NC1=Cc1cccc(OCc2ccccc2)c1. The number of hydrogen-bond acceptors (Lipinski definition) is 4. The van der Waals surface area contributed by atoms with Crippen molar-refractivity contribution >= 4 is 29.5 Å². The molecule has 3 aromatic carbocycles. The first-order valence-corrected chi connectivity index (χ1v) is 9.10. The maximum atomic E-state index is 12.2. The summed E-state index contributed by atoms with van der Waals surface area (Å²) in [5, 5.41) is 0.608. The van der Waals surface area contributed by atoms with Crippen LogP contribution in [0, 0.1) is 0 Å². The van der Waals surface area contributed by atoms with Crippen LogP contribution in [0.4, 0.5) is 0 Å². The number of carbonyl (C=O) groups excluding carboxylic acids is 1. The molecule has 0 N–H and O–H groups in total. The molecule has 1 aliphatic rings. The Morgan fingerprint density at radius 2 is 1.75 bits per heavy atom. The van der Waals surface area contributed by atoms with Crippen molar-refractivity contribution in [2.75, 3.05) is 0 Å². The van der Waals surface area contributed by atoms with Crippen LogP contribution in [0.15, 0.2) is 89.6 Å². The Labute approximate surface area is 167 Å². The molecule has 0 spiro atoms. The minimum atomic E-state index is -0.486. The van der Waals surface area contributed by atoms with E-state index < -0.39 is 5.97 Å². The van der Waals surface area contributed by atoms with E-state index >= 15 is 0 Å². The normalized spacial score (nSPS) is 14.7. The van der Waals surface area contributed by atoms with E-state index in [4.69, 9.17) is 21.1 Å². The summed E-state index contributed by atoms with van der Waals surface area (Å²) < 4.78 is 11.1. The Kier molecular flexibility index (Phi) is 5.22. The highest BCUT2D eigenvalue weighted by molar-refractivity contribution is 6.30. The molecule has 4 rings (SSSR count). The van der Waals surface area contributed by atoms with Gasteiger partial charge < -0.3 is 9.47 Å². The smallest absolute Gasteiger partial charge is 0.363 e. The van der Waals surface area contributed by atoms with Crippen molar-refractivity contribution in [2.45, 2.75) is 6.61 Å². The monoisotopic (exact) mass is 389 g/mol. The Morgan fingerprint density at radius 3 is 2.54 bits per heavy atom. The second-order valence-electron chi connectivity index (χ2n) is 6.19. The second kappa shape index (κ2) is 8.11. The highest BCUT2D eigenvalue weighted by Crippen LogP contribution is 2.22. The molecule has 4 nitrogen and oxygen atoms in total. The van der Waals surface area contributed by atoms with E-state index in [0.29, 0.717) is 22.9 Å². The van der Waals surface area contributed by atoms with Gasteiger partial charge in [0.25, 0.3) is 0 Å². The number of cyclic esters (lactones) is 1. The summed E-state index contributed by atoms with van der Waals surface area (Å²) in [4.78, 5) is 16.5. The number of nitrogens with zero attached hydrogens (tertiary/aromatic N) is 1. The third-order valence-corrected chi connectivity index (χ3v) is 4.37. The Hall–Kier alpha value is -3.37. The van der Waals surface area contributed by atoms with E-state index in [1.807, 2.05) is 54.6 Å². The predicted octanol–water partition coefficient (Wildman–Crippen LogP) is 5.26. The number of ether oxygens (including phenoxy) is 2. The first kappa shape index (κ1) is 18.0. The van der Waals surface area contributed by atoms with Crippen molar-refractivity contribution in [3.63, 3.8) is 0 Å². The van der Waals surface area contributed by atoms with Crippen LogP contribution in [-0.4, -0.2) is 11.9 Å². The molecular formula is C23H16ClNO3. The Morgan fingerprint density at radius 1 is 0.964 bits per heavy atom. The van der Waals surface area contributed by atoms with Gasteiger partial charge in [0.05, 0.1) is 0 Å². The van der Waals surface area contributed by atoms with Gasteiger partial charge in [-0.15, -0.1) is 0 Å². The van der Waals surface area contributed by atoms with Crippen molar-refractivity contribution in [3.8, 4) is 5.75 Å². The van der Waals surface area contributed by atoms with E-state index in [0.717, 1.165) is 11.1 Å². The molecule has 0 saturated carbocycles. The Balaban J connectivity index is 1.51. The van der Waals surface area contributed by atoms with E-state index in [1.54, 1.807) is 30.3 Å². The number of aliphatic imine (C=N–C) groups is 1. The fraction of sp³-hybridized carbons (Fsp3) is 0.0435. The van der Waals surface area contributed by atoms with E-state index in [-0.39, 0.29) is 11.6 Å². The van der Waals surface area contributed by atoms with Crippen molar-refractivity contribution in [2.24, 2.45) is 4.99 Å². The van der Waals surface area contributed by atoms with Gasteiger partial charge in [-0.25, -0.2) is 9.79 Å². The molecule has 0 fully saturated rings. The molecule has 0 unspecified atom stereocenters. The molecule has 0 saturated heterocycles. The van der Waals surface area contributed by atoms with Crippen LogP contribution < -0.4 is 4.74 Å². The number of hydrogen-bond donors (Lipinski definition) is 0. The summed E-state index contributed by atoms with van der Waals surface area (Å²) in [6, 6.07) is 24.4. The Bertz CT molecular complexity index is 1060. The first-order chi connectivity index (χ1) is 13.7. The minimum absolute atomic E-state index is 0.241. The van der Waals surface area contributed by atoms with E-state index in [9.17, 15) is 4.79 Å². The fourth-order valence-electron chi connectivity index (χ4n) is 2.72. The molecule has 0 aromatic heterocycles. The quantitative estimate of drug-likeness (QED) is 0.441. The van der Waals surface area contributed by atoms with Gasteiger partial charge in [-0.05, 0) is 53.6 Å². The van der Waals surface area contributed by atoms with Crippen molar-refractivity contribution < 1.29 is 14.3 Å². The number of rotatable bonds is 5. The summed E-state index contributed by atoms with van der Waals surface area (Å²) in [5.74, 6) is 0.497. The minimum Gasteiger partial charge on any atom is -0.489 e. The van der Waals surface area contributed by atoms with Gasteiger partial charge in [-0.2, -0.15) is 0 Å². The van der Waals surface area contributed by atoms with Crippen molar-refractivity contribution in [1.82, 2.24) is 0 Å². The maximum Gasteiger partial charge on any atom is 0.363 e. The number of halogens is 1. The van der Waals surface area contributed by atoms with Crippen molar-refractivity contribution in [1.29, 1.82) is 0 Å². The lowest BCUT2D eigenvalue weighted by molar-refractivity contribution is -0.129. The average Bonchev–Trinajstić information content (AvgIpc) is 3.08.